The molecule has 0 unspecified atom stereocenters. The van der Waals surface area contributed by atoms with Crippen molar-refractivity contribution >= 4 is 6.03 Å². The average Bonchev–Trinajstić information content (AvgIpc) is 2.77. The Morgan fingerprint density at radius 2 is 1.96 bits per heavy atom. The zero-order chi connectivity index (χ0) is 17.4. The maximum Gasteiger partial charge on any atom is 0.401 e. The molecule has 0 aliphatic carbocycles. The minimum absolute atomic E-state index is 0.0841. The van der Waals surface area contributed by atoms with E-state index in [0.29, 0.717) is 32.6 Å². The number of halogens is 3. The summed E-state index contributed by atoms with van der Waals surface area (Å²) in [6, 6.07) is -0.254. The van der Waals surface area contributed by atoms with E-state index in [-0.39, 0.29) is 11.9 Å². The SMILES string of the molecule is O=C(NCCN1CCCOCC1)NC[C@@H]1CCN(CC(F)(F)F)C1. The summed E-state index contributed by atoms with van der Waals surface area (Å²) < 4.78 is 42.4. The summed E-state index contributed by atoms with van der Waals surface area (Å²) in [7, 11) is 0. The summed E-state index contributed by atoms with van der Waals surface area (Å²) in [5, 5.41) is 5.55. The van der Waals surface area contributed by atoms with Gasteiger partial charge < -0.3 is 15.4 Å². The van der Waals surface area contributed by atoms with Crippen molar-refractivity contribution in [3.63, 3.8) is 0 Å². The van der Waals surface area contributed by atoms with Crippen LogP contribution in [0.15, 0.2) is 0 Å². The van der Waals surface area contributed by atoms with Crippen LogP contribution in [0.5, 0.6) is 0 Å². The molecule has 2 aliphatic rings. The Balaban J connectivity index is 1.53. The van der Waals surface area contributed by atoms with E-state index >= 15 is 0 Å². The Morgan fingerprint density at radius 1 is 1.12 bits per heavy atom. The highest BCUT2D eigenvalue weighted by Crippen LogP contribution is 2.22. The van der Waals surface area contributed by atoms with E-state index in [1.807, 2.05) is 0 Å². The highest BCUT2D eigenvalue weighted by molar-refractivity contribution is 5.73. The van der Waals surface area contributed by atoms with Gasteiger partial charge in [0.25, 0.3) is 0 Å². The first kappa shape index (κ1) is 19.3. The molecule has 140 valence electrons. The molecule has 0 bridgehead atoms. The van der Waals surface area contributed by atoms with Gasteiger partial charge in [0.2, 0.25) is 0 Å². The van der Waals surface area contributed by atoms with Gasteiger partial charge in [0.05, 0.1) is 13.2 Å². The molecule has 2 saturated heterocycles. The molecule has 2 rings (SSSR count). The summed E-state index contributed by atoms with van der Waals surface area (Å²) in [6.07, 6.45) is -2.47. The van der Waals surface area contributed by atoms with Crippen LogP contribution in [0, 0.1) is 5.92 Å². The zero-order valence-electron chi connectivity index (χ0n) is 13.9. The number of urea groups is 1. The van der Waals surface area contributed by atoms with E-state index in [0.717, 1.165) is 39.3 Å². The van der Waals surface area contributed by atoms with Gasteiger partial charge in [0.1, 0.15) is 0 Å². The van der Waals surface area contributed by atoms with Crippen molar-refractivity contribution in [3.05, 3.63) is 0 Å². The normalized spacial score (nSPS) is 23.9. The predicted molar refractivity (Wildman–Crippen MR) is 83.9 cm³/mol. The zero-order valence-corrected chi connectivity index (χ0v) is 13.9. The number of ether oxygens (including phenoxy) is 1. The number of alkyl halides is 3. The molecule has 0 radical (unpaired) electrons. The molecule has 0 aromatic rings. The number of carbonyl (C=O) groups excluding carboxylic acids is 1. The summed E-state index contributed by atoms with van der Waals surface area (Å²) in [5.41, 5.74) is 0. The van der Waals surface area contributed by atoms with Crippen LogP contribution in [-0.2, 0) is 4.74 Å². The number of nitrogens with one attached hydrogen (secondary N) is 2. The largest absolute Gasteiger partial charge is 0.401 e. The second-order valence-corrected chi connectivity index (χ2v) is 6.45. The van der Waals surface area contributed by atoms with Crippen molar-refractivity contribution in [2.24, 2.45) is 5.92 Å². The van der Waals surface area contributed by atoms with E-state index < -0.39 is 12.7 Å². The molecule has 2 heterocycles. The summed E-state index contributed by atoms with van der Waals surface area (Å²) >= 11 is 0. The number of carbonyl (C=O) groups is 1. The number of hydrogen-bond donors (Lipinski definition) is 2. The van der Waals surface area contributed by atoms with E-state index in [1.54, 1.807) is 0 Å². The first-order valence-corrected chi connectivity index (χ1v) is 8.53. The first-order valence-electron chi connectivity index (χ1n) is 8.53. The van der Waals surface area contributed by atoms with Crippen LogP contribution in [0.1, 0.15) is 12.8 Å². The van der Waals surface area contributed by atoms with Gasteiger partial charge in [0, 0.05) is 45.9 Å². The summed E-state index contributed by atoms with van der Waals surface area (Å²) in [4.78, 5) is 15.4. The number of likely N-dealkylation sites (tertiary alicyclic amines) is 1. The number of hydrogen-bond acceptors (Lipinski definition) is 4. The third kappa shape index (κ3) is 7.67. The Morgan fingerprint density at radius 3 is 2.75 bits per heavy atom. The van der Waals surface area contributed by atoms with Crippen LogP contribution < -0.4 is 10.6 Å². The van der Waals surface area contributed by atoms with E-state index in [2.05, 4.69) is 15.5 Å². The Hall–Kier alpha value is -1.06. The quantitative estimate of drug-likeness (QED) is 0.746. The molecule has 6 nitrogen and oxygen atoms in total. The predicted octanol–water partition coefficient (Wildman–Crippen LogP) is 0.892. The monoisotopic (exact) mass is 352 g/mol. The van der Waals surface area contributed by atoms with Crippen molar-refractivity contribution in [1.82, 2.24) is 20.4 Å². The molecule has 0 aromatic heterocycles. The van der Waals surface area contributed by atoms with Gasteiger partial charge in [-0.25, -0.2) is 4.79 Å². The average molecular weight is 352 g/mol. The van der Waals surface area contributed by atoms with Crippen LogP contribution >= 0.6 is 0 Å². The third-order valence-corrected chi connectivity index (χ3v) is 4.35. The lowest BCUT2D eigenvalue weighted by Gasteiger charge is -2.19. The molecule has 2 aliphatic heterocycles. The number of amides is 2. The lowest BCUT2D eigenvalue weighted by Crippen LogP contribution is -2.42. The van der Waals surface area contributed by atoms with Gasteiger partial charge >= 0.3 is 12.2 Å². The molecule has 0 spiro atoms. The maximum atomic E-state index is 12.3. The van der Waals surface area contributed by atoms with Crippen LogP contribution in [0.3, 0.4) is 0 Å². The lowest BCUT2D eigenvalue weighted by atomic mass is 10.1. The second-order valence-electron chi connectivity index (χ2n) is 6.45. The molecular weight excluding hydrogens is 325 g/mol. The van der Waals surface area contributed by atoms with E-state index in [4.69, 9.17) is 4.74 Å². The molecule has 2 fully saturated rings. The smallest absolute Gasteiger partial charge is 0.380 e. The minimum atomic E-state index is -4.15. The van der Waals surface area contributed by atoms with Crippen LogP contribution in [0.4, 0.5) is 18.0 Å². The molecule has 0 aromatic carbocycles. The van der Waals surface area contributed by atoms with Gasteiger partial charge in [-0.2, -0.15) is 13.2 Å². The molecule has 2 amide bonds. The fourth-order valence-electron chi connectivity index (χ4n) is 3.13. The fourth-order valence-corrected chi connectivity index (χ4v) is 3.13. The molecule has 0 saturated carbocycles. The van der Waals surface area contributed by atoms with Crippen molar-refractivity contribution in [1.29, 1.82) is 0 Å². The van der Waals surface area contributed by atoms with Gasteiger partial charge in [-0.15, -0.1) is 0 Å². The number of nitrogens with zero attached hydrogens (tertiary/aromatic N) is 2. The van der Waals surface area contributed by atoms with E-state index in [9.17, 15) is 18.0 Å². The summed E-state index contributed by atoms with van der Waals surface area (Å²) in [6.45, 7) is 5.06. The van der Waals surface area contributed by atoms with Gasteiger partial charge in [-0.1, -0.05) is 0 Å². The third-order valence-electron chi connectivity index (χ3n) is 4.35. The minimum Gasteiger partial charge on any atom is -0.380 e. The highest BCUT2D eigenvalue weighted by atomic mass is 19.4. The molecule has 24 heavy (non-hydrogen) atoms. The van der Waals surface area contributed by atoms with Gasteiger partial charge in [0.15, 0.2) is 0 Å². The maximum absolute atomic E-state index is 12.3. The number of rotatable bonds is 6. The lowest BCUT2D eigenvalue weighted by molar-refractivity contribution is -0.143. The molecular formula is C15H27F3N4O2. The Bertz CT molecular complexity index is 387. The second kappa shape index (κ2) is 9.43. The standard InChI is InChI=1S/C15H27F3N4O2/c16-15(17,18)12-22-5-2-13(11-22)10-20-14(23)19-3-6-21-4-1-8-24-9-7-21/h13H,1-12H2,(H2,19,20,23)/t13-/m0/s1. The highest BCUT2D eigenvalue weighted by Gasteiger charge is 2.34. The molecule has 2 N–H and O–H groups in total. The Labute approximate surface area is 140 Å². The van der Waals surface area contributed by atoms with Crippen molar-refractivity contribution in [2.75, 3.05) is 65.6 Å². The van der Waals surface area contributed by atoms with Crippen molar-refractivity contribution in [2.45, 2.75) is 19.0 Å². The van der Waals surface area contributed by atoms with Gasteiger partial charge in [-0.3, -0.25) is 9.80 Å². The van der Waals surface area contributed by atoms with Gasteiger partial charge in [-0.05, 0) is 25.3 Å². The Kier molecular flexibility index (Phi) is 7.57. The molecule has 1 atom stereocenters. The van der Waals surface area contributed by atoms with Crippen LogP contribution in [-0.4, -0.2) is 87.6 Å². The van der Waals surface area contributed by atoms with Crippen molar-refractivity contribution in [3.8, 4) is 0 Å². The first-order chi connectivity index (χ1) is 11.4. The van der Waals surface area contributed by atoms with Crippen LogP contribution in [0.2, 0.25) is 0 Å². The van der Waals surface area contributed by atoms with Crippen molar-refractivity contribution < 1.29 is 22.7 Å². The van der Waals surface area contributed by atoms with E-state index in [1.165, 1.54) is 4.90 Å². The summed E-state index contributed by atoms with van der Waals surface area (Å²) in [5.74, 6) is 0.0841. The molecule has 9 heteroatoms. The fraction of sp³-hybridized carbons (Fsp3) is 0.933. The van der Waals surface area contributed by atoms with Crippen LogP contribution in [0.25, 0.3) is 0 Å². The topological polar surface area (TPSA) is 56.8 Å².